The van der Waals surface area contributed by atoms with Gasteiger partial charge in [-0.25, -0.2) is 9.37 Å². The van der Waals surface area contributed by atoms with Gasteiger partial charge < -0.3 is 4.74 Å². The van der Waals surface area contributed by atoms with Crippen LogP contribution >= 0.6 is 0 Å². The highest BCUT2D eigenvalue weighted by molar-refractivity contribution is 6.17. The molecule has 2 aliphatic heterocycles. The lowest BCUT2D eigenvalue weighted by atomic mass is 9.77. The molecule has 1 aromatic carbocycles. The molecule has 0 radical (unpaired) electrons. The molecule has 148 valence electrons. The van der Waals surface area contributed by atoms with Gasteiger partial charge in [0.2, 0.25) is 0 Å². The highest BCUT2D eigenvalue weighted by Crippen LogP contribution is 2.47. The Kier molecular flexibility index (Phi) is 4.23. The number of benzene rings is 1. The molecule has 29 heavy (non-hydrogen) atoms. The van der Waals surface area contributed by atoms with E-state index in [-0.39, 0.29) is 35.3 Å². The summed E-state index contributed by atoms with van der Waals surface area (Å²) >= 11 is 0. The third kappa shape index (κ3) is 2.85. The Hall–Kier alpha value is -3.02. The van der Waals surface area contributed by atoms with E-state index < -0.39 is 6.04 Å². The van der Waals surface area contributed by atoms with Crippen molar-refractivity contribution in [3.05, 3.63) is 70.9 Å². The predicted molar refractivity (Wildman–Crippen MR) is 104 cm³/mol. The molecule has 1 fully saturated rings. The number of anilines is 1. The first-order valence-corrected chi connectivity index (χ1v) is 10.0. The number of carbonyl (C=O) groups is 2. The molecule has 3 aliphatic rings. The van der Waals surface area contributed by atoms with Gasteiger partial charge in [-0.15, -0.1) is 0 Å². The molecule has 3 heterocycles. The normalized spacial score (nSPS) is 26.3. The number of carbonyl (C=O) groups excluding carboxylic acids is 2. The van der Waals surface area contributed by atoms with Gasteiger partial charge in [0.25, 0.3) is 5.91 Å². The van der Waals surface area contributed by atoms with Gasteiger partial charge in [-0.05, 0) is 56.0 Å². The zero-order valence-electron chi connectivity index (χ0n) is 16.1. The second-order valence-corrected chi connectivity index (χ2v) is 7.92. The first-order valence-electron chi connectivity index (χ1n) is 10.0. The number of nitrogens with zero attached hydrogens (tertiary/aromatic N) is 2. The summed E-state index contributed by atoms with van der Waals surface area (Å²) in [5, 5.41) is 0. The van der Waals surface area contributed by atoms with Crippen molar-refractivity contribution >= 4 is 17.5 Å². The molecule has 5 rings (SSSR count). The van der Waals surface area contributed by atoms with Crippen LogP contribution in [0.1, 0.15) is 43.0 Å². The Bertz CT molecular complexity index is 1030. The minimum atomic E-state index is -0.664. The fourth-order valence-electron chi connectivity index (χ4n) is 4.70. The molecule has 1 saturated carbocycles. The molecular weight excluding hydrogens is 371 g/mol. The van der Waals surface area contributed by atoms with Gasteiger partial charge in [0, 0.05) is 5.69 Å². The van der Waals surface area contributed by atoms with Crippen molar-refractivity contribution in [2.75, 3.05) is 4.90 Å². The Morgan fingerprint density at radius 1 is 1.07 bits per heavy atom. The van der Waals surface area contributed by atoms with E-state index in [0.29, 0.717) is 17.0 Å². The number of rotatable bonds is 2. The monoisotopic (exact) mass is 392 g/mol. The summed E-state index contributed by atoms with van der Waals surface area (Å²) in [6.07, 6.45) is 3.29. The molecule has 5 nitrogen and oxygen atoms in total. The number of ketones is 1. The number of amides is 1. The standard InChI is InChI=1S/C23H21FN2O3/c1-13-5-4-8-18(25-13)26-20(14-9-11-15(24)12-10-14)19-21(27)16-6-2-3-7-17(16)29-22(19)23(26)28/h4-5,8-12,16-17,20H,2-3,6-7H2,1H3. The minimum absolute atomic E-state index is 0.0196. The van der Waals surface area contributed by atoms with E-state index in [1.807, 2.05) is 19.1 Å². The number of Topliss-reactive ketones (excluding diaryl/α,β-unsaturated/α-hetero) is 1. The number of pyridine rings is 1. The molecule has 3 atom stereocenters. The summed E-state index contributed by atoms with van der Waals surface area (Å²) in [4.78, 5) is 32.9. The highest BCUT2D eigenvalue weighted by Gasteiger charge is 2.52. The van der Waals surface area contributed by atoms with Crippen LogP contribution in [0.2, 0.25) is 0 Å². The summed E-state index contributed by atoms with van der Waals surface area (Å²) < 4.78 is 19.7. The number of aryl methyl sites for hydroxylation is 1. The molecule has 0 saturated heterocycles. The van der Waals surface area contributed by atoms with Crippen LogP contribution in [0.3, 0.4) is 0 Å². The molecule has 1 aromatic heterocycles. The number of fused-ring (bicyclic) bond motifs is 1. The summed E-state index contributed by atoms with van der Waals surface area (Å²) in [5.41, 5.74) is 1.81. The third-order valence-electron chi connectivity index (χ3n) is 6.07. The molecular formula is C23H21FN2O3. The molecule has 6 heteroatoms. The maximum atomic E-state index is 13.6. The first kappa shape index (κ1) is 18.0. The Morgan fingerprint density at radius 3 is 2.59 bits per heavy atom. The van der Waals surface area contributed by atoms with Crippen LogP contribution in [-0.2, 0) is 14.3 Å². The summed E-state index contributed by atoms with van der Waals surface area (Å²) in [7, 11) is 0. The van der Waals surface area contributed by atoms with Crippen LogP contribution in [0.25, 0.3) is 0 Å². The molecule has 0 bridgehead atoms. The maximum Gasteiger partial charge on any atom is 0.295 e. The zero-order valence-corrected chi connectivity index (χ0v) is 16.1. The van der Waals surface area contributed by atoms with Crippen LogP contribution in [0.15, 0.2) is 53.8 Å². The third-order valence-corrected chi connectivity index (χ3v) is 6.07. The Morgan fingerprint density at radius 2 is 1.83 bits per heavy atom. The second-order valence-electron chi connectivity index (χ2n) is 7.92. The predicted octanol–water partition coefficient (Wildman–Crippen LogP) is 4.03. The van der Waals surface area contributed by atoms with Crippen LogP contribution in [0, 0.1) is 18.7 Å². The average molecular weight is 392 g/mol. The topological polar surface area (TPSA) is 59.5 Å². The number of hydrogen-bond donors (Lipinski definition) is 0. The van der Waals surface area contributed by atoms with Crippen molar-refractivity contribution in [2.45, 2.75) is 44.8 Å². The maximum absolute atomic E-state index is 13.6. The van der Waals surface area contributed by atoms with Crippen LogP contribution < -0.4 is 4.90 Å². The summed E-state index contributed by atoms with van der Waals surface area (Å²) in [6, 6.07) is 10.7. The fourth-order valence-corrected chi connectivity index (χ4v) is 4.70. The second kappa shape index (κ2) is 6.79. The van der Waals surface area contributed by atoms with Gasteiger partial charge in [-0.2, -0.15) is 0 Å². The quantitative estimate of drug-likeness (QED) is 0.774. The van der Waals surface area contributed by atoms with E-state index in [9.17, 15) is 14.0 Å². The number of ether oxygens (including phenoxy) is 1. The largest absolute Gasteiger partial charge is 0.483 e. The molecule has 1 aliphatic carbocycles. The molecule has 1 amide bonds. The zero-order chi connectivity index (χ0) is 20.1. The molecule has 2 aromatic rings. The summed E-state index contributed by atoms with van der Waals surface area (Å²) in [5.74, 6) is -0.373. The van der Waals surface area contributed by atoms with Crippen molar-refractivity contribution in [3.63, 3.8) is 0 Å². The Labute approximate surface area is 168 Å². The van der Waals surface area contributed by atoms with Gasteiger partial charge >= 0.3 is 0 Å². The lowest BCUT2D eigenvalue weighted by Crippen LogP contribution is -2.39. The van der Waals surface area contributed by atoms with Crippen molar-refractivity contribution in [1.29, 1.82) is 0 Å². The fraction of sp³-hybridized carbons (Fsp3) is 0.348. The van der Waals surface area contributed by atoms with E-state index >= 15 is 0 Å². The number of hydrogen-bond acceptors (Lipinski definition) is 4. The first-order chi connectivity index (χ1) is 14.0. The highest BCUT2D eigenvalue weighted by atomic mass is 19.1. The van der Waals surface area contributed by atoms with Crippen molar-refractivity contribution in [2.24, 2.45) is 5.92 Å². The summed E-state index contributed by atoms with van der Waals surface area (Å²) in [6.45, 7) is 1.85. The average Bonchev–Trinajstić information content (AvgIpc) is 3.02. The van der Waals surface area contributed by atoms with E-state index in [2.05, 4.69) is 4.98 Å². The van der Waals surface area contributed by atoms with E-state index in [4.69, 9.17) is 4.74 Å². The lowest BCUT2D eigenvalue weighted by Gasteiger charge is -2.35. The minimum Gasteiger partial charge on any atom is -0.483 e. The van der Waals surface area contributed by atoms with Crippen molar-refractivity contribution in [1.82, 2.24) is 4.98 Å². The molecule has 0 spiro atoms. The van der Waals surface area contributed by atoms with Gasteiger partial charge in [0.15, 0.2) is 11.5 Å². The van der Waals surface area contributed by atoms with Gasteiger partial charge in [-0.3, -0.25) is 14.5 Å². The van der Waals surface area contributed by atoms with Crippen LogP contribution in [-0.4, -0.2) is 22.8 Å². The SMILES string of the molecule is Cc1cccc(N2C(=O)C3=C(C(=O)C4CCCCC4O3)C2c2ccc(F)cc2)n1. The molecule has 3 unspecified atom stereocenters. The van der Waals surface area contributed by atoms with E-state index in [1.165, 1.54) is 17.0 Å². The van der Waals surface area contributed by atoms with Gasteiger partial charge in [0.1, 0.15) is 17.7 Å². The number of aromatic nitrogens is 1. The van der Waals surface area contributed by atoms with Crippen LogP contribution in [0.4, 0.5) is 10.2 Å². The van der Waals surface area contributed by atoms with E-state index in [1.54, 1.807) is 18.2 Å². The van der Waals surface area contributed by atoms with Crippen molar-refractivity contribution in [3.8, 4) is 0 Å². The van der Waals surface area contributed by atoms with Crippen molar-refractivity contribution < 1.29 is 18.7 Å². The Balaban J connectivity index is 1.66. The number of halogens is 1. The smallest absolute Gasteiger partial charge is 0.295 e. The van der Waals surface area contributed by atoms with E-state index in [0.717, 1.165) is 31.4 Å². The molecule has 0 N–H and O–H groups in total. The van der Waals surface area contributed by atoms with Gasteiger partial charge in [0.05, 0.1) is 17.5 Å². The lowest BCUT2D eigenvalue weighted by molar-refractivity contribution is -0.131. The van der Waals surface area contributed by atoms with Crippen LogP contribution in [0.5, 0.6) is 0 Å². The van der Waals surface area contributed by atoms with Gasteiger partial charge in [-0.1, -0.05) is 24.6 Å².